The molecule has 0 saturated heterocycles. The van der Waals surface area contributed by atoms with Crippen LogP contribution in [0.1, 0.15) is 43.5 Å². The van der Waals surface area contributed by atoms with Gasteiger partial charge in [-0.2, -0.15) is 0 Å². The number of ether oxygens (including phenoxy) is 3. The van der Waals surface area contributed by atoms with Crippen LogP contribution in [0.4, 0.5) is 0 Å². The molecule has 216 valence electrons. The van der Waals surface area contributed by atoms with E-state index in [1.165, 1.54) is 11.3 Å². The quantitative estimate of drug-likeness (QED) is 0.211. The Morgan fingerprint density at radius 2 is 1.67 bits per heavy atom. The molecule has 0 aliphatic carbocycles. The van der Waals surface area contributed by atoms with E-state index in [-0.39, 0.29) is 12.2 Å². The maximum absolute atomic E-state index is 13.8. The Hall–Kier alpha value is -3.85. The number of hydrogen-bond acceptors (Lipinski definition) is 7. The Bertz CT molecular complexity index is 1830. The van der Waals surface area contributed by atoms with E-state index < -0.39 is 12.0 Å². The van der Waals surface area contributed by atoms with Gasteiger partial charge in [0, 0.05) is 15.6 Å². The minimum atomic E-state index is -0.686. The van der Waals surface area contributed by atoms with Gasteiger partial charge in [-0.15, -0.1) is 0 Å². The lowest BCUT2D eigenvalue weighted by atomic mass is 9.96. The molecule has 4 aromatic rings. The molecule has 0 N–H and O–H groups in total. The summed E-state index contributed by atoms with van der Waals surface area (Å²) in [4.78, 5) is 32.0. The fourth-order valence-electron chi connectivity index (χ4n) is 4.63. The van der Waals surface area contributed by atoms with Crippen molar-refractivity contribution in [2.75, 3.05) is 13.2 Å². The highest BCUT2D eigenvalue weighted by Gasteiger charge is 2.33. The van der Waals surface area contributed by atoms with Crippen molar-refractivity contribution < 1.29 is 19.0 Å². The first kappa shape index (κ1) is 29.6. The number of benzene rings is 3. The van der Waals surface area contributed by atoms with Gasteiger partial charge in [0.2, 0.25) is 0 Å². The van der Waals surface area contributed by atoms with Crippen LogP contribution in [0.5, 0.6) is 11.5 Å². The van der Waals surface area contributed by atoms with Gasteiger partial charge in [-0.1, -0.05) is 64.9 Å². The zero-order valence-electron chi connectivity index (χ0n) is 23.2. The lowest BCUT2D eigenvalue weighted by Gasteiger charge is -2.24. The number of carbonyl (C=O) groups is 1. The molecular formula is C32H28Cl2N2O5S. The van der Waals surface area contributed by atoms with Crippen molar-refractivity contribution in [1.82, 2.24) is 4.57 Å². The highest BCUT2D eigenvalue weighted by molar-refractivity contribution is 7.07. The van der Waals surface area contributed by atoms with Gasteiger partial charge >= 0.3 is 5.97 Å². The summed E-state index contributed by atoms with van der Waals surface area (Å²) in [5, 5.41) is 1.11. The Morgan fingerprint density at radius 3 is 2.33 bits per heavy atom. The molecular weight excluding hydrogens is 595 g/mol. The fraction of sp³-hybridized carbons (Fsp3) is 0.219. The van der Waals surface area contributed by atoms with Crippen LogP contribution in [0.3, 0.4) is 0 Å². The standard InChI is InChI=1S/C32H28Cl2N2O5S/c1-4-39-24-14-9-21(10-15-24)29-28(31(38)40-5-2)19(3)35-32-36(29)30(37)27(42-32)16-20-6-12-25(13-7-20)41-18-22-8-11-23(33)17-26(22)34/h6-17,29H,4-5,18H2,1-3H3/b27-16-/t29-/m0/s1. The van der Waals surface area contributed by atoms with Crippen molar-refractivity contribution >= 4 is 46.6 Å². The van der Waals surface area contributed by atoms with Gasteiger partial charge in [-0.05, 0) is 74.4 Å². The smallest absolute Gasteiger partial charge is 0.338 e. The summed E-state index contributed by atoms with van der Waals surface area (Å²) in [6, 6.07) is 19.4. The largest absolute Gasteiger partial charge is 0.494 e. The predicted molar refractivity (Wildman–Crippen MR) is 165 cm³/mol. The van der Waals surface area contributed by atoms with E-state index in [0.717, 1.165) is 16.7 Å². The lowest BCUT2D eigenvalue weighted by molar-refractivity contribution is -0.139. The number of aromatic nitrogens is 1. The number of fused-ring (bicyclic) bond motifs is 1. The van der Waals surface area contributed by atoms with E-state index >= 15 is 0 Å². The number of esters is 1. The minimum Gasteiger partial charge on any atom is -0.494 e. The molecule has 0 bridgehead atoms. The first-order chi connectivity index (χ1) is 20.3. The maximum atomic E-state index is 13.8. The summed E-state index contributed by atoms with van der Waals surface area (Å²) in [5.41, 5.74) is 3.00. The summed E-state index contributed by atoms with van der Waals surface area (Å²) in [6.07, 6.45) is 1.81. The molecule has 0 radical (unpaired) electrons. The van der Waals surface area contributed by atoms with Crippen molar-refractivity contribution in [2.24, 2.45) is 4.99 Å². The van der Waals surface area contributed by atoms with E-state index in [9.17, 15) is 9.59 Å². The molecule has 1 aliphatic rings. The number of nitrogens with zero attached hydrogens (tertiary/aromatic N) is 2. The first-order valence-corrected chi connectivity index (χ1v) is 15.0. The molecule has 5 rings (SSSR count). The second kappa shape index (κ2) is 13.0. The van der Waals surface area contributed by atoms with Gasteiger partial charge in [-0.25, -0.2) is 9.79 Å². The molecule has 2 heterocycles. The van der Waals surface area contributed by atoms with Crippen LogP contribution in [-0.4, -0.2) is 23.8 Å². The maximum Gasteiger partial charge on any atom is 0.338 e. The number of halogens is 2. The summed E-state index contributed by atoms with van der Waals surface area (Å²) in [6.45, 7) is 6.46. The zero-order valence-corrected chi connectivity index (χ0v) is 25.6. The van der Waals surface area contributed by atoms with Crippen molar-refractivity contribution in [3.8, 4) is 11.5 Å². The molecule has 42 heavy (non-hydrogen) atoms. The average Bonchev–Trinajstić information content (AvgIpc) is 3.27. The summed E-state index contributed by atoms with van der Waals surface area (Å²) in [5.74, 6) is 0.864. The van der Waals surface area contributed by atoms with Crippen LogP contribution in [0.15, 0.2) is 87.8 Å². The monoisotopic (exact) mass is 622 g/mol. The molecule has 0 saturated carbocycles. The normalized spacial score (nSPS) is 14.8. The van der Waals surface area contributed by atoms with Crippen LogP contribution in [-0.2, 0) is 16.1 Å². The van der Waals surface area contributed by atoms with Gasteiger partial charge in [-0.3, -0.25) is 9.36 Å². The molecule has 0 fully saturated rings. The van der Waals surface area contributed by atoms with Crippen LogP contribution < -0.4 is 24.4 Å². The summed E-state index contributed by atoms with van der Waals surface area (Å²) >= 11 is 13.5. The van der Waals surface area contributed by atoms with Gasteiger partial charge < -0.3 is 14.2 Å². The van der Waals surface area contributed by atoms with Gasteiger partial charge in [0.25, 0.3) is 5.56 Å². The lowest BCUT2D eigenvalue weighted by Crippen LogP contribution is -2.39. The molecule has 1 aliphatic heterocycles. The molecule has 1 aromatic heterocycles. The third-order valence-corrected chi connectivity index (χ3v) is 8.18. The third kappa shape index (κ3) is 6.31. The number of allylic oxidation sites excluding steroid dienone is 1. The van der Waals surface area contributed by atoms with Crippen molar-refractivity contribution in [1.29, 1.82) is 0 Å². The molecule has 0 spiro atoms. The highest BCUT2D eigenvalue weighted by Crippen LogP contribution is 2.31. The minimum absolute atomic E-state index is 0.211. The average molecular weight is 624 g/mol. The Labute approximate surface area is 256 Å². The molecule has 10 heteroatoms. The molecule has 3 aromatic carbocycles. The zero-order chi connectivity index (χ0) is 29.8. The second-order valence-electron chi connectivity index (χ2n) is 9.40. The molecule has 1 atom stereocenters. The van der Waals surface area contributed by atoms with Gasteiger partial charge in [0.1, 0.15) is 18.1 Å². The molecule has 7 nitrogen and oxygen atoms in total. The Morgan fingerprint density at radius 1 is 0.976 bits per heavy atom. The van der Waals surface area contributed by atoms with Crippen molar-refractivity contribution in [3.05, 3.63) is 124 Å². The summed E-state index contributed by atoms with van der Waals surface area (Å²) < 4.78 is 18.9. The molecule has 0 amide bonds. The first-order valence-electron chi connectivity index (χ1n) is 13.4. The Balaban J connectivity index is 1.48. The predicted octanol–water partition coefficient (Wildman–Crippen LogP) is 6.08. The van der Waals surface area contributed by atoms with Crippen molar-refractivity contribution in [2.45, 2.75) is 33.4 Å². The number of hydrogen-bond donors (Lipinski definition) is 0. The van der Waals surface area contributed by atoms with E-state index in [4.69, 9.17) is 37.4 Å². The van der Waals surface area contributed by atoms with E-state index in [0.29, 0.717) is 55.4 Å². The Kier molecular flexibility index (Phi) is 9.16. The van der Waals surface area contributed by atoms with Gasteiger partial charge in [0.15, 0.2) is 4.80 Å². The second-order valence-corrected chi connectivity index (χ2v) is 11.3. The van der Waals surface area contributed by atoms with Crippen LogP contribution in [0, 0.1) is 0 Å². The fourth-order valence-corrected chi connectivity index (χ4v) is 6.14. The van der Waals surface area contributed by atoms with Gasteiger partial charge in [0.05, 0.1) is 35.1 Å². The highest BCUT2D eigenvalue weighted by atomic mass is 35.5. The number of rotatable bonds is 9. The number of carbonyl (C=O) groups excluding carboxylic acids is 1. The topological polar surface area (TPSA) is 79.1 Å². The molecule has 0 unspecified atom stereocenters. The van der Waals surface area contributed by atoms with Crippen LogP contribution in [0.25, 0.3) is 6.08 Å². The summed E-state index contributed by atoms with van der Waals surface area (Å²) in [7, 11) is 0. The van der Waals surface area contributed by atoms with E-state index in [1.807, 2.05) is 67.6 Å². The van der Waals surface area contributed by atoms with Crippen molar-refractivity contribution in [3.63, 3.8) is 0 Å². The SMILES string of the molecule is CCOC(=O)C1=C(C)N=c2s/c(=C\c3ccc(OCc4ccc(Cl)cc4Cl)cc3)c(=O)n2[C@H]1c1ccc(OCC)cc1. The van der Waals surface area contributed by atoms with Crippen LogP contribution in [0.2, 0.25) is 10.0 Å². The van der Waals surface area contributed by atoms with E-state index in [2.05, 4.69) is 4.99 Å². The number of thiazole rings is 1. The van der Waals surface area contributed by atoms with E-state index in [1.54, 1.807) is 30.5 Å². The van der Waals surface area contributed by atoms with Crippen LogP contribution >= 0.6 is 34.5 Å². The third-order valence-electron chi connectivity index (χ3n) is 6.61.